The van der Waals surface area contributed by atoms with Gasteiger partial charge in [-0.2, -0.15) is 5.26 Å². The van der Waals surface area contributed by atoms with Crippen molar-refractivity contribution in [3.05, 3.63) is 75.6 Å². The molecule has 1 aliphatic rings. The van der Waals surface area contributed by atoms with Gasteiger partial charge in [0.1, 0.15) is 11.3 Å². The number of aromatic nitrogens is 3. The highest BCUT2D eigenvalue weighted by atomic mass is 79.9. The minimum absolute atomic E-state index is 0.502. The Morgan fingerprint density at radius 1 is 1.03 bits per heavy atom. The van der Waals surface area contributed by atoms with Crippen molar-refractivity contribution in [2.75, 3.05) is 0 Å². The molecule has 0 amide bonds. The summed E-state index contributed by atoms with van der Waals surface area (Å²) in [6.45, 7) is 4.11. The number of fused-ring (bicyclic) bond motifs is 1. The number of nitrogens with zero attached hydrogens (tertiary/aromatic N) is 4. The molecule has 0 unspecified atom stereocenters. The summed E-state index contributed by atoms with van der Waals surface area (Å²) in [5.74, 6) is 1.60. The van der Waals surface area contributed by atoms with Crippen LogP contribution in [0.3, 0.4) is 0 Å². The first-order valence-corrected chi connectivity index (χ1v) is 10.5. The Kier molecular flexibility index (Phi) is 4.25. The van der Waals surface area contributed by atoms with Crippen LogP contribution < -0.4 is 0 Å². The standard InChI is InChI=1S/C24H19BrN4/c1-14-21(25)15(2)27-24-22(14)28-23(17-7-8-17)29(24)19-11-9-16(10-12-19)20-6-4-3-5-18(20)13-26/h3-6,9-12,17H,7-8H2,1-2H3. The van der Waals surface area contributed by atoms with E-state index in [4.69, 9.17) is 9.97 Å². The van der Waals surface area contributed by atoms with Crippen LogP contribution in [0.1, 0.15) is 41.4 Å². The molecule has 0 bridgehead atoms. The molecule has 0 saturated heterocycles. The highest BCUT2D eigenvalue weighted by Crippen LogP contribution is 2.42. The molecule has 0 N–H and O–H groups in total. The number of aryl methyl sites for hydroxylation is 2. The number of hydrogen-bond donors (Lipinski definition) is 0. The largest absolute Gasteiger partial charge is 0.280 e. The van der Waals surface area contributed by atoms with Crippen molar-refractivity contribution in [1.29, 1.82) is 5.26 Å². The van der Waals surface area contributed by atoms with Crippen LogP contribution in [0.2, 0.25) is 0 Å². The average Bonchev–Trinajstić information content (AvgIpc) is 3.53. The Hall–Kier alpha value is -2.97. The molecular weight excluding hydrogens is 424 g/mol. The minimum atomic E-state index is 0.502. The van der Waals surface area contributed by atoms with E-state index >= 15 is 0 Å². The Morgan fingerprint density at radius 2 is 1.76 bits per heavy atom. The van der Waals surface area contributed by atoms with Crippen molar-refractivity contribution < 1.29 is 0 Å². The molecule has 0 radical (unpaired) electrons. The van der Waals surface area contributed by atoms with E-state index in [1.54, 1.807) is 0 Å². The number of pyridine rings is 1. The van der Waals surface area contributed by atoms with Crippen molar-refractivity contribution >= 4 is 27.1 Å². The summed E-state index contributed by atoms with van der Waals surface area (Å²) in [5.41, 5.74) is 7.70. The highest BCUT2D eigenvalue weighted by Gasteiger charge is 2.31. The van der Waals surface area contributed by atoms with Gasteiger partial charge >= 0.3 is 0 Å². The van der Waals surface area contributed by atoms with Crippen LogP contribution in [0.15, 0.2) is 53.0 Å². The van der Waals surface area contributed by atoms with Crippen LogP contribution >= 0.6 is 15.9 Å². The lowest BCUT2D eigenvalue weighted by Gasteiger charge is -2.11. The lowest BCUT2D eigenvalue weighted by Crippen LogP contribution is -2.02. The summed E-state index contributed by atoms with van der Waals surface area (Å²) in [7, 11) is 0. The number of hydrogen-bond acceptors (Lipinski definition) is 3. The summed E-state index contributed by atoms with van der Waals surface area (Å²) < 4.78 is 3.24. The molecule has 0 atom stereocenters. The van der Waals surface area contributed by atoms with Gasteiger partial charge in [-0.05, 0) is 77.5 Å². The number of imidazole rings is 1. The SMILES string of the molecule is Cc1nc2c(nc(C3CC3)n2-c2ccc(-c3ccccc3C#N)cc2)c(C)c1Br. The van der Waals surface area contributed by atoms with Gasteiger partial charge in [0.2, 0.25) is 0 Å². The predicted octanol–water partition coefficient (Wildman–Crippen LogP) is 6.22. The van der Waals surface area contributed by atoms with E-state index in [0.717, 1.165) is 49.5 Å². The average molecular weight is 443 g/mol. The fraction of sp³-hybridized carbons (Fsp3) is 0.208. The van der Waals surface area contributed by atoms with Crippen LogP contribution in [0, 0.1) is 25.2 Å². The third-order valence-corrected chi connectivity index (χ3v) is 6.75. The van der Waals surface area contributed by atoms with Crippen molar-refractivity contribution in [1.82, 2.24) is 14.5 Å². The first kappa shape index (κ1) is 18.1. The van der Waals surface area contributed by atoms with Crippen molar-refractivity contribution in [2.24, 2.45) is 0 Å². The van der Waals surface area contributed by atoms with E-state index in [2.05, 4.69) is 57.8 Å². The van der Waals surface area contributed by atoms with Gasteiger partial charge in [-0.15, -0.1) is 0 Å². The number of nitriles is 1. The first-order valence-electron chi connectivity index (χ1n) is 9.73. The zero-order chi connectivity index (χ0) is 20.1. The maximum Gasteiger partial charge on any atom is 0.165 e. The van der Waals surface area contributed by atoms with E-state index in [1.165, 1.54) is 12.8 Å². The summed E-state index contributed by atoms with van der Waals surface area (Å²) in [4.78, 5) is 9.85. The second-order valence-corrected chi connectivity index (χ2v) is 8.39. The molecule has 2 aromatic heterocycles. The van der Waals surface area contributed by atoms with Crippen LogP contribution in [0.5, 0.6) is 0 Å². The van der Waals surface area contributed by atoms with Gasteiger partial charge in [0.15, 0.2) is 5.65 Å². The quantitative estimate of drug-likeness (QED) is 0.378. The first-order chi connectivity index (χ1) is 14.1. The Morgan fingerprint density at radius 3 is 2.45 bits per heavy atom. The maximum absolute atomic E-state index is 9.41. The summed E-state index contributed by atoms with van der Waals surface area (Å²) >= 11 is 3.65. The monoisotopic (exact) mass is 442 g/mol. The topological polar surface area (TPSA) is 54.5 Å². The highest BCUT2D eigenvalue weighted by molar-refractivity contribution is 9.10. The number of benzene rings is 2. The Labute approximate surface area is 178 Å². The van der Waals surface area contributed by atoms with Crippen LogP contribution in [0.25, 0.3) is 28.0 Å². The lowest BCUT2D eigenvalue weighted by atomic mass is 10.0. The third kappa shape index (κ3) is 2.95. The Balaban J connectivity index is 1.68. The fourth-order valence-electron chi connectivity index (χ4n) is 3.86. The lowest BCUT2D eigenvalue weighted by molar-refractivity contribution is 0.889. The zero-order valence-electron chi connectivity index (χ0n) is 16.3. The molecule has 4 aromatic rings. The third-order valence-electron chi connectivity index (χ3n) is 5.58. The van der Waals surface area contributed by atoms with Crippen molar-refractivity contribution in [3.63, 3.8) is 0 Å². The number of halogens is 1. The molecule has 1 fully saturated rings. The fourth-order valence-corrected chi connectivity index (χ4v) is 4.14. The van der Waals surface area contributed by atoms with E-state index in [9.17, 15) is 5.26 Å². The summed E-state index contributed by atoms with van der Waals surface area (Å²) in [5, 5.41) is 9.41. The smallest absolute Gasteiger partial charge is 0.165 e. The van der Waals surface area contributed by atoms with Gasteiger partial charge < -0.3 is 0 Å². The Bertz CT molecular complexity index is 1290. The molecule has 142 valence electrons. The van der Waals surface area contributed by atoms with Crippen molar-refractivity contribution in [2.45, 2.75) is 32.6 Å². The molecule has 1 aliphatic carbocycles. The van der Waals surface area contributed by atoms with E-state index < -0.39 is 0 Å². The van der Waals surface area contributed by atoms with Gasteiger partial charge in [-0.1, -0.05) is 30.3 Å². The molecule has 5 heteroatoms. The maximum atomic E-state index is 9.41. The molecule has 0 spiro atoms. The van der Waals surface area contributed by atoms with Crippen LogP contribution in [0.4, 0.5) is 0 Å². The van der Waals surface area contributed by atoms with Crippen LogP contribution in [-0.4, -0.2) is 14.5 Å². The molecule has 1 saturated carbocycles. The summed E-state index contributed by atoms with van der Waals surface area (Å²) in [6, 6.07) is 18.3. The number of rotatable bonds is 3. The predicted molar refractivity (Wildman–Crippen MR) is 118 cm³/mol. The van der Waals surface area contributed by atoms with Gasteiger partial charge in [0.05, 0.1) is 17.3 Å². The molecule has 0 aliphatic heterocycles. The summed E-state index contributed by atoms with van der Waals surface area (Å²) in [6.07, 6.45) is 2.35. The second kappa shape index (κ2) is 6.82. The van der Waals surface area contributed by atoms with E-state index in [0.29, 0.717) is 11.5 Å². The molecule has 2 aromatic carbocycles. The van der Waals surface area contributed by atoms with Crippen LogP contribution in [-0.2, 0) is 0 Å². The normalized spacial score (nSPS) is 13.6. The second-order valence-electron chi connectivity index (χ2n) is 7.59. The molecule has 5 rings (SSSR count). The van der Waals surface area contributed by atoms with Crippen molar-refractivity contribution in [3.8, 4) is 22.9 Å². The van der Waals surface area contributed by atoms with Gasteiger partial charge in [0, 0.05) is 16.1 Å². The van der Waals surface area contributed by atoms with Gasteiger partial charge in [-0.25, -0.2) is 9.97 Å². The molecule has 2 heterocycles. The molecule has 4 nitrogen and oxygen atoms in total. The van der Waals surface area contributed by atoms with Gasteiger partial charge in [-0.3, -0.25) is 4.57 Å². The zero-order valence-corrected chi connectivity index (χ0v) is 17.9. The minimum Gasteiger partial charge on any atom is -0.280 e. The molecule has 29 heavy (non-hydrogen) atoms. The van der Waals surface area contributed by atoms with Gasteiger partial charge in [0.25, 0.3) is 0 Å². The van der Waals surface area contributed by atoms with E-state index in [1.807, 2.05) is 31.2 Å². The van der Waals surface area contributed by atoms with E-state index in [-0.39, 0.29) is 0 Å². The molecular formula is C24H19BrN4.